The summed E-state index contributed by atoms with van der Waals surface area (Å²) in [6.45, 7) is 3.65. The lowest BCUT2D eigenvalue weighted by atomic mass is 10.1. The average Bonchev–Trinajstić information content (AvgIpc) is 3.40. The second-order valence-corrected chi connectivity index (χ2v) is 11.1. The van der Waals surface area contributed by atoms with Crippen LogP contribution < -0.4 is 14.5 Å². The average molecular weight is 627 g/mol. The summed E-state index contributed by atoms with van der Waals surface area (Å²) in [4.78, 5) is 54.3. The molecule has 7 nitrogen and oxygen atoms in total. The summed E-state index contributed by atoms with van der Waals surface area (Å²) in [5, 5.41) is -0.0657. The molecular formula is C27H17Cl5N2O5. The van der Waals surface area contributed by atoms with E-state index in [4.69, 9.17) is 62.7 Å². The molecule has 3 aromatic rings. The van der Waals surface area contributed by atoms with Crippen LogP contribution in [0.4, 0.5) is 11.4 Å². The number of amides is 3. The molecule has 3 amide bonds. The topological polar surface area (TPSA) is 84.0 Å². The van der Waals surface area contributed by atoms with Gasteiger partial charge in [-0.15, -0.1) is 0 Å². The highest BCUT2D eigenvalue weighted by Crippen LogP contribution is 2.46. The number of benzene rings is 3. The normalized spacial score (nSPS) is 16.8. The molecule has 0 N–H and O–H groups in total. The maximum Gasteiger partial charge on any atom is 0.316 e. The maximum absolute atomic E-state index is 13.2. The molecule has 5 rings (SSSR count). The molecule has 2 aliphatic heterocycles. The van der Waals surface area contributed by atoms with Crippen LogP contribution in [0.3, 0.4) is 0 Å². The van der Waals surface area contributed by atoms with E-state index in [1.807, 2.05) is 6.92 Å². The molecule has 2 heterocycles. The minimum Gasteiger partial charge on any atom is -0.426 e. The lowest BCUT2D eigenvalue weighted by Gasteiger charge is -2.18. The first-order valence-corrected chi connectivity index (χ1v) is 13.4. The fourth-order valence-electron chi connectivity index (χ4n) is 4.57. The molecule has 0 aromatic heterocycles. The number of aryl methyl sites for hydroxylation is 2. The quantitative estimate of drug-likeness (QED) is 0.0996. The summed E-state index contributed by atoms with van der Waals surface area (Å²) in [7, 11) is 0. The predicted molar refractivity (Wildman–Crippen MR) is 151 cm³/mol. The highest BCUT2D eigenvalue weighted by Gasteiger charge is 2.43. The first kappa shape index (κ1) is 27.7. The van der Waals surface area contributed by atoms with Crippen molar-refractivity contribution in [1.29, 1.82) is 0 Å². The summed E-state index contributed by atoms with van der Waals surface area (Å²) >= 11 is 30.8. The number of fused-ring (bicyclic) bond motifs is 1. The Labute approximate surface area is 248 Å². The van der Waals surface area contributed by atoms with E-state index in [1.54, 1.807) is 25.1 Å². The molecule has 200 valence electrons. The van der Waals surface area contributed by atoms with Gasteiger partial charge in [-0.2, -0.15) is 0 Å². The SMILES string of the molecule is Cc1ccc(N2C[C@H](C(=O)Oc3ccc(N4C(=O)c5c(Cl)c(Cl)c(Cl)c(Cl)c5C4=O)c(C)c3)CC2=O)cc1Cl. The molecule has 0 spiro atoms. The number of hydrogen-bond acceptors (Lipinski definition) is 5. The zero-order chi connectivity index (χ0) is 28.3. The van der Waals surface area contributed by atoms with Gasteiger partial charge in [0.2, 0.25) is 5.91 Å². The van der Waals surface area contributed by atoms with Crippen molar-refractivity contribution in [2.24, 2.45) is 5.92 Å². The highest BCUT2D eigenvalue weighted by molar-refractivity contribution is 6.56. The smallest absolute Gasteiger partial charge is 0.316 e. The van der Waals surface area contributed by atoms with Crippen molar-refractivity contribution < 1.29 is 23.9 Å². The monoisotopic (exact) mass is 624 g/mol. The van der Waals surface area contributed by atoms with Crippen molar-refractivity contribution >= 4 is 93.1 Å². The Morgan fingerprint density at radius 2 is 1.44 bits per heavy atom. The van der Waals surface area contributed by atoms with Gasteiger partial charge in [0.05, 0.1) is 42.8 Å². The minimum atomic E-state index is -0.714. The van der Waals surface area contributed by atoms with Crippen molar-refractivity contribution in [2.75, 3.05) is 16.3 Å². The number of halogens is 5. The van der Waals surface area contributed by atoms with Crippen LogP contribution >= 0.6 is 58.0 Å². The molecule has 1 saturated heterocycles. The third-order valence-corrected chi connectivity index (χ3v) is 8.86. The van der Waals surface area contributed by atoms with Gasteiger partial charge in [-0.1, -0.05) is 64.1 Å². The zero-order valence-corrected chi connectivity index (χ0v) is 24.1. The molecule has 0 unspecified atom stereocenters. The van der Waals surface area contributed by atoms with E-state index in [0.29, 0.717) is 16.3 Å². The van der Waals surface area contributed by atoms with E-state index in [1.165, 1.54) is 23.1 Å². The van der Waals surface area contributed by atoms with Crippen molar-refractivity contribution in [3.05, 3.63) is 83.8 Å². The summed E-state index contributed by atoms with van der Waals surface area (Å²) in [5.41, 5.74) is 1.90. The molecule has 39 heavy (non-hydrogen) atoms. The Kier molecular flexibility index (Phi) is 7.33. The summed E-state index contributed by atoms with van der Waals surface area (Å²) in [5.74, 6) is -2.73. The van der Waals surface area contributed by atoms with Crippen LogP contribution in [0.15, 0.2) is 36.4 Å². The van der Waals surface area contributed by atoms with Crippen molar-refractivity contribution in [3.63, 3.8) is 0 Å². The van der Waals surface area contributed by atoms with Gasteiger partial charge in [-0.3, -0.25) is 19.2 Å². The number of ether oxygens (including phenoxy) is 1. The number of anilines is 2. The Bertz CT molecular complexity index is 1580. The summed E-state index contributed by atoms with van der Waals surface area (Å²) < 4.78 is 5.55. The lowest BCUT2D eigenvalue weighted by molar-refractivity contribution is -0.139. The molecule has 12 heteroatoms. The molecule has 3 aromatic carbocycles. The first-order chi connectivity index (χ1) is 18.4. The largest absolute Gasteiger partial charge is 0.426 e. The van der Waals surface area contributed by atoms with E-state index in [9.17, 15) is 19.2 Å². The summed E-state index contributed by atoms with van der Waals surface area (Å²) in [6, 6.07) is 9.68. The van der Waals surface area contributed by atoms with Crippen molar-refractivity contribution in [2.45, 2.75) is 20.3 Å². The van der Waals surface area contributed by atoms with Gasteiger partial charge in [-0.25, -0.2) is 4.90 Å². The second-order valence-electron chi connectivity index (χ2n) is 9.16. The number of carbonyl (C=O) groups excluding carboxylic acids is 4. The molecule has 0 saturated carbocycles. The lowest BCUT2D eigenvalue weighted by Crippen LogP contribution is -2.30. The number of imide groups is 1. The molecule has 2 aliphatic rings. The number of hydrogen-bond donors (Lipinski definition) is 0. The second kappa shape index (κ2) is 10.3. The standard InChI is InChI=1S/C27H17Cl5N2O5/c1-11-3-4-14(9-16(11)28)33-10-13(8-18(33)35)27(38)39-15-5-6-17(12(2)7-15)34-25(36)19-20(26(34)37)22(30)24(32)23(31)21(19)29/h3-7,9,13H,8,10H2,1-2H3/t13-/m1/s1. The van der Waals surface area contributed by atoms with Gasteiger partial charge in [-0.05, 0) is 55.3 Å². The van der Waals surface area contributed by atoms with Crippen LogP contribution in [0, 0.1) is 19.8 Å². The Hall–Kier alpha value is -2.81. The van der Waals surface area contributed by atoms with E-state index >= 15 is 0 Å². The van der Waals surface area contributed by atoms with Gasteiger partial charge in [0.25, 0.3) is 11.8 Å². The fraction of sp³-hybridized carbons (Fsp3) is 0.185. The van der Waals surface area contributed by atoms with Crippen LogP contribution in [0.1, 0.15) is 38.3 Å². The highest BCUT2D eigenvalue weighted by atomic mass is 35.5. The number of esters is 1. The molecule has 1 atom stereocenters. The van der Waals surface area contributed by atoms with Gasteiger partial charge in [0.15, 0.2) is 0 Å². The third kappa shape index (κ3) is 4.66. The van der Waals surface area contributed by atoms with Gasteiger partial charge >= 0.3 is 5.97 Å². The van der Waals surface area contributed by atoms with E-state index in [2.05, 4.69) is 0 Å². The van der Waals surface area contributed by atoms with E-state index in [-0.39, 0.29) is 61.5 Å². The van der Waals surface area contributed by atoms with Gasteiger partial charge < -0.3 is 9.64 Å². The number of nitrogens with zero attached hydrogens (tertiary/aromatic N) is 2. The van der Waals surface area contributed by atoms with Crippen LogP contribution in [0.2, 0.25) is 25.1 Å². The fourth-order valence-corrected chi connectivity index (χ4v) is 5.76. The number of carbonyl (C=O) groups is 4. The zero-order valence-electron chi connectivity index (χ0n) is 20.3. The molecule has 0 bridgehead atoms. The van der Waals surface area contributed by atoms with Crippen LogP contribution in [0.5, 0.6) is 5.75 Å². The molecular weight excluding hydrogens is 610 g/mol. The Morgan fingerprint density at radius 3 is 2.00 bits per heavy atom. The number of rotatable bonds is 4. The van der Waals surface area contributed by atoms with Gasteiger partial charge in [0, 0.05) is 23.7 Å². The van der Waals surface area contributed by atoms with Crippen molar-refractivity contribution in [3.8, 4) is 5.75 Å². The molecule has 0 aliphatic carbocycles. The third-order valence-electron chi connectivity index (χ3n) is 6.65. The van der Waals surface area contributed by atoms with Crippen LogP contribution in [0.25, 0.3) is 0 Å². The molecule has 1 fully saturated rings. The Morgan fingerprint density at radius 1 is 0.821 bits per heavy atom. The van der Waals surface area contributed by atoms with E-state index < -0.39 is 23.7 Å². The minimum absolute atomic E-state index is 0.0108. The van der Waals surface area contributed by atoms with Crippen LogP contribution in [-0.4, -0.2) is 30.2 Å². The predicted octanol–water partition coefficient (Wildman–Crippen LogP) is 7.33. The van der Waals surface area contributed by atoms with Gasteiger partial charge in [0.1, 0.15) is 5.75 Å². The maximum atomic E-state index is 13.2. The first-order valence-electron chi connectivity index (χ1n) is 11.5. The Balaban J connectivity index is 1.34. The van der Waals surface area contributed by atoms with Crippen molar-refractivity contribution in [1.82, 2.24) is 0 Å². The van der Waals surface area contributed by atoms with Crippen LogP contribution in [-0.2, 0) is 9.59 Å². The molecule has 0 radical (unpaired) electrons. The van der Waals surface area contributed by atoms with E-state index in [0.717, 1.165) is 10.5 Å². The summed E-state index contributed by atoms with van der Waals surface area (Å²) in [6.07, 6.45) is -0.0108.